The number of rotatable bonds is 9. The van der Waals surface area contributed by atoms with Gasteiger partial charge in [-0.05, 0) is 61.0 Å². The quantitative estimate of drug-likeness (QED) is 0.230. The van der Waals surface area contributed by atoms with Gasteiger partial charge in [-0.15, -0.1) is 0 Å². The van der Waals surface area contributed by atoms with E-state index in [4.69, 9.17) is 0 Å². The smallest absolute Gasteiger partial charge is 0.290 e. The average Bonchev–Trinajstić information content (AvgIpc) is 2.75. The third-order valence-corrected chi connectivity index (χ3v) is 5.64. The number of hydrogen-bond donors (Lipinski definition) is 4. The molecule has 9 nitrogen and oxygen atoms in total. The first kappa shape index (κ1) is 21.8. The largest absolute Gasteiger partial charge is 0.321 e. The minimum atomic E-state index is -3.80. The Hall–Kier alpha value is -3.92. The van der Waals surface area contributed by atoms with Gasteiger partial charge in [-0.3, -0.25) is 25.2 Å². The Labute approximate surface area is 180 Å². The number of hydrogen-bond acceptors (Lipinski definition) is 5. The summed E-state index contributed by atoms with van der Waals surface area (Å²) in [4.78, 5) is 22.5. The molecule has 0 spiro atoms. The van der Waals surface area contributed by atoms with E-state index in [9.17, 15) is 18.0 Å². The van der Waals surface area contributed by atoms with E-state index in [-0.39, 0.29) is 17.3 Å². The van der Waals surface area contributed by atoms with Crippen molar-refractivity contribution >= 4 is 39.4 Å². The van der Waals surface area contributed by atoms with E-state index in [0.29, 0.717) is 23.5 Å². The van der Waals surface area contributed by atoms with Crippen LogP contribution in [0, 0.1) is 6.92 Å². The number of benzene rings is 2. The lowest BCUT2D eigenvalue weighted by Gasteiger charge is -2.10. The Morgan fingerprint density at radius 2 is 1.48 bits per heavy atom. The monoisotopic (exact) mass is 440 g/mol. The Kier molecular flexibility index (Phi) is 6.83. The van der Waals surface area contributed by atoms with Crippen LogP contribution in [0.4, 0.5) is 17.1 Å². The fourth-order valence-corrected chi connectivity index (χ4v) is 3.73. The summed E-state index contributed by atoms with van der Waals surface area (Å²) in [5, 5.41) is 2.74. The third kappa shape index (κ3) is 6.28. The Morgan fingerprint density at radius 1 is 0.903 bits per heavy atom. The van der Waals surface area contributed by atoms with Gasteiger partial charge in [-0.1, -0.05) is 0 Å². The van der Waals surface area contributed by atoms with E-state index in [1.165, 1.54) is 24.3 Å². The summed E-state index contributed by atoms with van der Waals surface area (Å²) in [6.45, 7) is 2.11. The first-order chi connectivity index (χ1) is 14.9. The van der Waals surface area contributed by atoms with Gasteiger partial charge in [-0.25, -0.2) is 8.42 Å². The van der Waals surface area contributed by atoms with Gasteiger partial charge >= 0.3 is 0 Å². The molecular formula is C21H22N5O4S+. The molecule has 0 saturated heterocycles. The van der Waals surface area contributed by atoms with Crippen LogP contribution >= 0.6 is 0 Å². The zero-order chi connectivity index (χ0) is 22.3. The zero-order valence-corrected chi connectivity index (χ0v) is 17.5. The van der Waals surface area contributed by atoms with Crippen molar-refractivity contribution in [3.8, 4) is 0 Å². The van der Waals surface area contributed by atoms with Crippen molar-refractivity contribution in [3.63, 3.8) is 0 Å². The summed E-state index contributed by atoms with van der Waals surface area (Å²) in [5.74, 6) is -0.222. The highest BCUT2D eigenvalue weighted by Gasteiger charge is 2.15. The third-order valence-electron chi connectivity index (χ3n) is 4.24. The van der Waals surface area contributed by atoms with Crippen LogP contribution in [0.3, 0.4) is 0 Å². The van der Waals surface area contributed by atoms with Crippen LogP contribution in [0.5, 0.6) is 0 Å². The lowest BCUT2D eigenvalue weighted by atomic mass is 10.3. The van der Waals surface area contributed by atoms with Gasteiger partial charge in [0.25, 0.3) is 15.9 Å². The minimum absolute atomic E-state index is 0.0585. The van der Waals surface area contributed by atoms with Crippen molar-refractivity contribution in [2.24, 2.45) is 0 Å². The van der Waals surface area contributed by atoms with Crippen LogP contribution in [-0.2, 0) is 26.2 Å². The molecule has 0 aliphatic rings. The highest BCUT2D eigenvalue weighted by atomic mass is 32.2. The van der Waals surface area contributed by atoms with Crippen molar-refractivity contribution in [2.45, 2.75) is 18.4 Å². The first-order valence-corrected chi connectivity index (χ1v) is 10.8. The van der Waals surface area contributed by atoms with E-state index < -0.39 is 10.0 Å². The molecule has 0 fully saturated rings. The molecule has 0 aliphatic carbocycles. The summed E-state index contributed by atoms with van der Waals surface area (Å²) in [7, 11) is -3.80. The van der Waals surface area contributed by atoms with Gasteiger partial charge in [0, 0.05) is 23.5 Å². The van der Waals surface area contributed by atoms with E-state index in [0.717, 1.165) is 5.56 Å². The molecule has 1 heterocycles. The molecule has 0 saturated carbocycles. The lowest BCUT2D eigenvalue weighted by Crippen LogP contribution is -2.39. The Morgan fingerprint density at radius 3 is 2.10 bits per heavy atom. The van der Waals surface area contributed by atoms with E-state index in [1.54, 1.807) is 28.8 Å². The molecule has 0 aliphatic heterocycles. The van der Waals surface area contributed by atoms with Gasteiger partial charge in [0.1, 0.15) is 0 Å². The molecule has 1 aromatic heterocycles. The maximum absolute atomic E-state index is 12.6. The second-order valence-electron chi connectivity index (χ2n) is 6.69. The molecule has 3 rings (SSSR count). The summed E-state index contributed by atoms with van der Waals surface area (Å²) in [5.41, 5.74) is 7.47. The molecule has 4 N–H and O–H groups in total. The first-order valence-electron chi connectivity index (χ1n) is 9.29. The highest BCUT2D eigenvalue weighted by molar-refractivity contribution is 7.92. The van der Waals surface area contributed by atoms with Crippen LogP contribution in [-0.4, -0.2) is 20.7 Å². The molecule has 0 bridgehead atoms. The molecule has 0 atom stereocenters. The Bertz CT molecular complexity index is 1150. The van der Waals surface area contributed by atoms with E-state index in [2.05, 4.69) is 20.9 Å². The van der Waals surface area contributed by atoms with Crippen LogP contribution in [0.25, 0.3) is 0 Å². The number of nitrogens with zero attached hydrogens (tertiary/aromatic N) is 1. The topological polar surface area (TPSA) is 120 Å². The summed E-state index contributed by atoms with van der Waals surface area (Å²) in [6, 6.07) is 16.1. The maximum Gasteiger partial charge on any atom is 0.290 e. The second kappa shape index (κ2) is 9.72. The maximum atomic E-state index is 12.6. The number of nitrogens with one attached hydrogen (secondary N) is 4. The number of aromatic nitrogens is 1. The molecule has 3 aromatic rings. The van der Waals surface area contributed by atoms with E-state index in [1.807, 2.05) is 31.5 Å². The number of sulfonamides is 1. The fraction of sp³-hybridized carbons (Fsp3) is 0.0952. The molecule has 0 unspecified atom stereocenters. The predicted octanol–water partition coefficient (Wildman–Crippen LogP) is 1.79. The molecule has 160 valence electrons. The molecule has 2 aromatic carbocycles. The number of hydrazine groups is 1. The second-order valence-corrected chi connectivity index (χ2v) is 8.37. The van der Waals surface area contributed by atoms with Gasteiger partial charge in [0.05, 0.1) is 10.6 Å². The van der Waals surface area contributed by atoms with E-state index >= 15 is 0 Å². The molecular weight excluding hydrogens is 418 g/mol. The number of anilines is 3. The highest BCUT2D eigenvalue weighted by Crippen LogP contribution is 2.19. The molecule has 10 heteroatoms. The number of carbonyl (C=O) groups excluding carboxylic acids is 2. The van der Waals surface area contributed by atoms with Crippen LogP contribution < -0.4 is 25.5 Å². The summed E-state index contributed by atoms with van der Waals surface area (Å²) < 4.78 is 29.4. The number of amides is 2. The van der Waals surface area contributed by atoms with Gasteiger partial charge in [-0.2, -0.15) is 4.57 Å². The molecule has 31 heavy (non-hydrogen) atoms. The van der Waals surface area contributed by atoms with Crippen LogP contribution in [0.2, 0.25) is 0 Å². The van der Waals surface area contributed by atoms with Gasteiger partial charge in [0.2, 0.25) is 13.0 Å². The predicted molar refractivity (Wildman–Crippen MR) is 117 cm³/mol. The minimum Gasteiger partial charge on any atom is -0.321 e. The SMILES string of the molecule is Cc1cc[n+](CC(=O)Nc2ccc(S(=O)(=O)Nc3ccc(NNC=O)cc3)cc2)cc1. The number of aryl methyl sites for hydroxylation is 1. The van der Waals surface area contributed by atoms with Gasteiger partial charge < -0.3 is 5.32 Å². The summed E-state index contributed by atoms with van der Waals surface area (Å²) >= 11 is 0. The number of carbonyl (C=O) groups is 2. The molecule has 0 radical (unpaired) electrons. The normalized spacial score (nSPS) is 10.7. The number of pyridine rings is 1. The van der Waals surface area contributed by atoms with Gasteiger partial charge in [0.15, 0.2) is 12.4 Å². The zero-order valence-electron chi connectivity index (χ0n) is 16.7. The van der Waals surface area contributed by atoms with Crippen molar-refractivity contribution in [1.29, 1.82) is 0 Å². The lowest BCUT2D eigenvalue weighted by molar-refractivity contribution is -0.684. The van der Waals surface area contributed by atoms with Crippen molar-refractivity contribution < 1.29 is 22.6 Å². The molecule has 2 amide bonds. The average molecular weight is 441 g/mol. The Balaban J connectivity index is 1.60. The standard InChI is InChI=1S/C21H21N5O4S/c1-16-10-12-26(13-11-16)14-21(28)23-17-6-8-20(9-7-17)31(29,30)25-19-4-2-18(3-5-19)24-22-15-27/h2-13,15,24-25H,14H2,1H3,(H-,22,23,27,28)/p+1. The van der Waals surface area contributed by atoms with Crippen molar-refractivity contribution in [3.05, 3.63) is 78.6 Å². The fourth-order valence-electron chi connectivity index (χ4n) is 2.67. The summed E-state index contributed by atoms with van der Waals surface area (Å²) in [6.07, 6.45) is 4.12. The van der Waals surface area contributed by atoms with Crippen molar-refractivity contribution in [1.82, 2.24) is 5.43 Å². The van der Waals surface area contributed by atoms with Crippen LogP contribution in [0.1, 0.15) is 5.56 Å². The van der Waals surface area contributed by atoms with Crippen LogP contribution in [0.15, 0.2) is 78.0 Å². The van der Waals surface area contributed by atoms with Crippen molar-refractivity contribution in [2.75, 3.05) is 15.5 Å².